The Kier molecular flexibility index (Phi) is 4.31. The van der Waals surface area contributed by atoms with Crippen molar-refractivity contribution in [1.82, 2.24) is 20.5 Å². The van der Waals surface area contributed by atoms with Gasteiger partial charge in [-0.2, -0.15) is 15.8 Å². The number of benzene rings is 2. The highest BCUT2D eigenvalue weighted by Gasteiger charge is 2.33. The summed E-state index contributed by atoms with van der Waals surface area (Å²) in [5.41, 5.74) is 3.78. The van der Waals surface area contributed by atoms with Crippen molar-refractivity contribution in [2.45, 2.75) is 6.04 Å². The van der Waals surface area contributed by atoms with E-state index in [9.17, 15) is 14.7 Å². The molecule has 2 heterocycles. The third kappa shape index (κ3) is 2.90. The van der Waals surface area contributed by atoms with E-state index in [0.29, 0.717) is 16.6 Å². The van der Waals surface area contributed by atoms with Crippen LogP contribution in [-0.4, -0.2) is 32.9 Å². The summed E-state index contributed by atoms with van der Waals surface area (Å²) < 4.78 is 1.51. The number of nitrogens with zero attached hydrogens (tertiary/aromatic N) is 4. The highest BCUT2D eigenvalue weighted by atomic mass is 35.5. The number of carbonyl (C=O) groups excluding carboxylic acids is 2. The van der Waals surface area contributed by atoms with Gasteiger partial charge in [0.15, 0.2) is 6.04 Å². The van der Waals surface area contributed by atoms with Gasteiger partial charge in [-0.3, -0.25) is 10.1 Å². The largest absolute Gasteiger partial charge is 0.508 e. The summed E-state index contributed by atoms with van der Waals surface area (Å²) >= 11 is 12.8. The molecule has 1 fully saturated rings. The number of urea groups is 1. The first-order valence-electron chi connectivity index (χ1n) is 7.86. The number of aromatic hydroxyl groups is 1. The summed E-state index contributed by atoms with van der Waals surface area (Å²) in [6.45, 7) is 0. The highest BCUT2D eigenvalue weighted by Crippen LogP contribution is 2.35. The van der Waals surface area contributed by atoms with E-state index in [2.05, 4.69) is 15.8 Å². The van der Waals surface area contributed by atoms with E-state index in [0.717, 1.165) is 5.01 Å². The average molecular weight is 417 g/mol. The zero-order valence-corrected chi connectivity index (χ0v) is 15.4. The Morgan fingerprint density at radius 3 is 2.57 bits per heavy atom. The number of hydrogen-bond donors (Lipinski definition) is 3. The van der Waals surface area contributed by atoms with Crippen LogP contribution < -0.4 is 15.8 Å². The molecular weight excluding hydrogens is 407 g/mol. The van der Waals surface area contributed by atoms with Crippen molar-refractivity contribution in [2.24, 2.45) is 0 Å². The van der Waals surface area contributed by atoms with E-state index in [1.807, 2.05) is 0 Å². The Morgan fingerprint density at radius 1 is 1.18 bits per heavy atom. The predicted octanol–water partition coefficient (Wildman–Crippen LogP) is 2.49. The summed E-state index contributed by atoms with van der Waals surface area (Å²) in [6.07, 6.45) is 1.55. The topological polar surface area (TPSA) is 123 Å². The SMILES string of the molecule is N#CC1NN(c2cc(Cl)c(-n3ncc4cc(O)ccc43)c(Cl)c2)C(=O)NC1=O. The number of nitriles is 1. The number of fused-ring (bicyclic) bond motifs is 1. The van der Waals surface area contributed by atoms with Gasteiger partial charge in [0.2, 0.25) is 0 Å². The molecule has 0 saturated carbocycles. The number of halogens is 2. The Hall–Kier alpha value is -3.32. The number of carbonyl (C=O) groups is 2. The van der Waals surface area contributed by atoms with Gasteiger partial charge < -0.3 is 5.11 Å². The van der Waals surface area contributed by atoms with Crippen molar-refractivity contribution in [1.29, 1.82) is 5.26 Å². The second kappa shape index (κ2) is 6.69. The van der Waals surface area contributed by atoms with Crippen LogP contribution in [0.4, 0.5) is 10.5 Å². The molecule has 9 nitrogen and oxygen atoms in total. The van der Waals surface area contributed by atoms with E-state index in [1.165, 1.54) is 22.9 Å². The molecule has 28 heavy (non-hydrogen) atoms. The zero-order valence-electron chi connectivity index (χ0n) is 13.8. The first-order chi connectivity index (χ1) is 13.4. The van der Waals surface area contributed by atoms with Crippen molar-refractivity contribution in [2.75, 3.05) is 5.01 Å². The molecule has 11 heteroatoms. The quantitative estimate of drug-likeness (QED) is 0.589. The van der Waals surface area contributed by atoms with Crippen LogP contribution in [0.2, 0.25) is 10.0 Å². The maximum atomic E-state index is 12.1. The van der Waals surface area contributed by atoms with Gasteiger partial charge in [-0.1, -0.05) is 23.2 Å². The fourth-order valence-corrected chi connectivity index (χ4v) is 3.48. The van der Waals surface area contributed by atoms with Gasteiger partial charge in [0, 0.05) is 5.39 Å². The number of phenols is 1. The second-order valence-corrected chi connectivity index (χ2v) is 6.69. The standard InChI is InChI=1S/C17H10Cl2N6O3/c18-11-4-9(24-17(28)22-16(27)13(6-20)23-24)5-12(19)15(11)25-14-2-1-10(26)3-8(14)7-21-25/h1-5,7,13,23,26H,(H,22,27,28). The number of hydrazine groups is 1. The van der Waals surface area contributed by atoms with Crippen LogP contribution in [0.1, 0.15) is 0 Å². The Bertz CT molecular complexity index is 1160. The number of anilines is 1. The molecule has 2 aromatic carbocycles. The van der Waals surface area contributed by atoms with Crippen LogP contribution in [0.3, 0.4) is 0 Å². The molecule has 0 spiro atoms. The minimum Gasteiger partial charge on any atom is -0.508 e. The number of nitrogens with one attached hydrogen (secondary N) is 2. The molecule has 0 radical (unpaired) electrons. The Balaban J connectivity index is 1.78. The molecule has 3 aromatic rings. The zero-order chi connectivity index (χ0) is 20.0. The summed E-state index contributed by atoms with van der Waals surface area (Å²) in [5, 5.41) is 27.0. The monoisotopic (exact) mass is 416 g/mol. The molecule has 0 aliphatic carbocycles. The fraction of sp³-hybridized carbons (Fsp3) is 0.0588. The molecule has 1 saturated heterocycles. The lowest BCUT2D eigenvalue weighted by molar-refractivity contribution is -0.121. The van der Waals surface area contributed by atoms with Crippen LogP contribution in [0.5, 0.6) is 5.75 Å². The van der Waals surface area contributed by atoms with Crippen LogP contribution >= 0.6 is 23.2 Å². The molecule has 1 atom stereocenters. The van der Waals surface area contributed by atoms with E-state index >= 15 is 0 Å². The van der Waals surface area contributed by atoms with Crippen LogP contribution in [0, 0.1) is 11.3 Å². The molecule has 1 aliphatic heterocycles. The summed E-state index contributed by atoms with van der Waals surface area (Å²) in [7, 11) is 0. The van der Waals surface area contributed by atoms with Crippen LogP contribution in [0.25, 0.3) is 16.6 Å². The van der Waals surface area contributed by atoms with Gasteiger partial charge in [-0.05, 0) is 30.3 Å². The van der Waals surface area contributed by atoms with Gasteiger partial charge in [0.05, 0.1) is 33.5 Å². The van der Waals surface area contributed by atoms with E-state index in [-0.39, 0.29) is 21.5 Å². The Labute approximate surface area is 167 Å². The third-order valence-electron chi connectivity index (χ3n) is 4.11. The molecule has 3 amide bonds. The summed E-state index contributed by atoms with van der Waals surface area (Å²) in [4.78, 5) is 23.7. The molecule has 140 valence electrons. The summed E-state index contributed by atoms with van der Waals surface area (Å²) in [6, 6.07) is 7.37. The van der Waals surface area contributed by atoms with Crippen molar-refractivity contribution >= 4 is 51.7 Å². The first-order valence-corrected chi connectivity index (χ1v) is 8.61. The molecule has 4 rings (SSSR count). The number of rotatable bonds is 2. The lowest BCUT2D eigenvalue weighted by Gasteiger charge is -2.30. The fourth-order valence-electron chi connectivity index (χ4n) is 2.84. The number of hydrogen-bond acceptors (Lipinski definition) is 6. The van der Waals surface area contributed by atoms with Gasteiger partial charge in [-0.25, -0.2) is 14.5 Å². The molecule has 1 unspecified atom stereocenters. The summed E-state index contributed by atoms with van der Waals surface area (Å²) in [5.74, 6) is -0.646. The van der Waals surface area contributed by atoms with Crippen LogP contribution in [0.15, 0.2) is 36.5 Å². The van der Waals surface area contributed by atoms with E-state index in [1.54, 1.807) is 24.4 Å². The molecule has 1 aliphatic rings. The molecule has 1 aromatic heterocycles. The minimum atomic E-state index is -1.24. The highest BCUT2D eigenvalue weighted by molar-refractivity contribution is 6.38. The normalized spacial score (nSPS) is 16.9. The van der Waals surface area contributed by atoms with Gasteiger partial charge in [0.1, 0.15) is 11.4 Å². The Morgan fingerprint density at radius 2 is 1.89 bits per heavy atom. The van der Waals surface area contributed by atoms with Crippen molar-refractivity contribution < 1.29 is 14.7 Å². The van der Waals surface area contributed by atoms with Crippen molar-refractivity contribution in [3.8, 4) is 17.5 Å². The lowest BCUT2D eigenvalue weighted by Crippen LogP contribution is -2.64. The van der Waals surface area contributed by atoms with Gasteiger partial charge >= 0.3 is 6.03 Å². The first kappa shape index (κ1) is 18.1. The average Bonchev–Trinajstić information content (AvgIpc) is 3.04. The molecule has 0 bridgehead atoms. The number of aromatic nitrogens is 2. The number of imide groups is 1. The predicted molar refractivity (Wildman–Crippen MR) is 101 cm³/mol. The third-order valence-corrected chi connectivity index (χ3v) is 4.68. The number of phenolic OH excluding ortho intramolecular Hbond substituents is 1. The molecular formula is C17H10Cl2N6O3. The van der Waals surface area contributed by atoms with E-state index < -0.39 is 18.0 Å². The van der Waals surface area contributed by atoms with Crippen molar-refractivity contribution in [3.05, 3.63) is 46.6 Å². The van der Waals surface area contributed by atoms with Gasteiger partial charge in [0.25, 0.3) is 5.91 Å². The minimum absolute atomic E-state index is 0.100. The van der Waals surface area contributed by atoms with Crippen LogP contribution in [-0.2, 0) is 4.79 Å². The maximum Gasteiger partial charge on any atom is 0.343 e. The smallest absolute Gasteiger partial charge is 0.343 e. The van der Waals surface area contributed by atoms with Gasteiger partial charge in [-0.15, -0.1) is 0 Å². The lowest BCUT2D eigenvalue weighted by atomic mass is 10.2. The maximum absolute atomic E-state index is 12.1. The molecule has 3 N–H and O–H groups in total. The number of amides is 3. The second-order valence-electron chi connectivity index (χ2n) is 5.88. The van der Waals surface area contributed by atoms with Crippen molar-refractivity contribution in [3.63, 3.8) is 0 Å². The van der Waals surface area contributed by atoms with E-state index in [4.69, 9.17) is 28.5 Å².